The summed E-state index contributed by atoms with van der Waals surface area (Å²) in [5.41, 5.74) is 2.13. The molecule has 0 aliphatic heterocycles. The molecule has 5 nitrogen and oxygen atoms in total. The Balaban J connectivity index is 1.71. The summed E-state index contributed by atoms with van der Waals surface area (Å²) in [5, 5.41) is 12.2. The number of rotatable bonds is 7. The number of phenols is 1. The van der Waals surface area contributed by atoms with E-state index in [4.69, 9.17) is 4.74 Å². The predicted octanol–water partition coefficient (Wildman–Crippen LogP) is 3.48. The first-order valence-electron chi connectivity index (χ1n) is 8.96. The van der Waals surface area contributed by atoms with E-state index >= 15 is 0 Å². The molecule has 1 unspecified atom stereocenters. The Hall–Kier alpha value is -3.60. The first-order valence-corrected chi connectivity index (χ1v) is 8.96. The van der Waals surface area contributed by atoms with E-state index in [1.807, 2.05) is 36.4 Å². The second kappa shape index (κ2) is 9.37. The van der Waals surface area contributed by atoms with Gasteiger partial charge in [-0.05, 0) is 35.4 Å². The fourth-order valence-electron chi connectivity index (χ4n) is 2.72. The van der Waals surface area contributed by atoms with Gasteiger partial charge in [0.2, 0.25) is 0 Å². The average molecular weight is 375 g/mol. The summed E-state index contributed by atoms with van der Waals surface area (Å²) in [6.07, 6.45) is 0.256. The molecule has 0 aromatic heterocycles. The number of carbonyl (C=O) groups excluding carboxylic acids is 2. The van der Waals surface area contributed by atoms with Gasteiger partial charge in [0.25, 0.3) is 5.91 Å². The minimum Gasteiger partial charge on any atom is -0.508 e. The summed E-state index contributed by atoms with van der Waals surface area (Å²) in [7, 11) is 0. The zero-order chi connectivity index (χ0) is 19.8. The van der Waals surface area contributed by atoms with Crippen molar-refractivity contribution in [3.8, 4) is 5.75 Å². The first-order chi connectivity index (χ1) is 13.6. The van der Waals surface area contributed by atoms with Crippen LogP contribution in [0.15, 0.2) is 84.9 Å². The molecule has 0 aliphatic rings. The van der Waals surface area contributed by atoms with Gasteiger partial charge in [-0.2, -0.15) is 0 Å². The smallest absolute Gasteiger partial charge is 0.329 e. The van der Waals surface area contributed by atoms with Gasteiger partial charge in [-0.15, -0.1) is 0 Å². The second-order valence-electron chi connectivity index (χ2n) is 6.36. The molecule has 0 heterocycles. The number of benzene rings is 3. The molecule has 1 atom stereocenters. The first kappa shape index (κ1) is 19.2. The Morgan fingerprint density at radius 3 is 2.07 bits per heavy atom. The summed E-state index contributed by atoms with van der Waals surface area (Å²) in [4.78, 5) is 25.2. The van der Waals surface area contributed by atoms with E-state index in [0.717, 1.165) is 11.1 Å². The summed E-state index contributed by atoms with van der Waals surface area (Å²) in [6.45, 7) is 0.132. The quantitative estimate of drug-likeness (QED) is 0.620. The van der Waals surface area contributed by atoms with Crippen LogP contribution in [0, 0.1) is 0 Å². The van der Waals surface area contributed by atoms with Crippen LogP contribution in [0.2, 0.25) is 0 Å². The van der Waals surface area contributed by atoms with Crippen molar-refractivity contribution in [2.45, 2.75) is 19.1 Å². The number of phenolic OH excluding ortho intramolecular Hbond substituents is 1. The van der Waals surface area contributed by atoms with E-state index in [1.165, 1.54) is 0 Å². The molecule has 0 saturated carbocycles. The molecule has 28 heavy (non-hydrogen) atoms. The molecule has 1 amide bonds. The molecule has 0 saturated heterocycles. The van der Waals surface area contributed by atoms with Crippen LogP contribution in [0.25, 0.3) is 0 Å². The zero-order valence-corrected chi connectivity index (χ0v) is 15.2. The topological polar surface area (TPSA) is 75.6 Å². The van der Waals surface area contributed by atoms with Gasteiger partial charge < -0.3 is 15.2 Å². The number of hydrogen-bond acceptors (Lipinski definition) is 4. The Morgan fingerprint density at radius 2 is 1.43 bits per heavy atom. The minimum absolute atomic E-state index is 0.132. The van der Waals surface area contributed by atoms with Gasteiger partial charge in [0.15, 0.2) is 0 Å². The van der Waals surface area contributed by atoms with Gasteiger partial charge >= 0.3 is 5.97 Å². The molecule has 3 aromatic carbocycles. The number of aromatic hydroxyl groups is 1. The highest BCUT2D eigenvalue weighted by molar-refractivity contribution is 5.96. The molecule has 142 valence electrons. The van der Waals surface area contributed by atoms with E-state index in [2.05, 4.69) is 5.32 Å². The van der Waals surface area contributed by atoms with Crippen LogP contribution in [-0.4, -0.2) is 23.0 Å². The van der Waals surface area contributed by atoms with Gasteiger partial charge in [-0.25, -0.2) is 4.79 Å². The Kier molecular flexibility index (Phi) is 6.41. The number of carbonyl (C=O) groups is 2. The standard InChI is InChI=1S/C23H21NO4/c25-20-13-11-17(12-14-20)15-21(24-22(26)19-9-5-2-6-10-19)23(27)28-16-18-7-3-1-4-8-18/h1-14,21,25H,15-16H2,(H,24,26). The van der Waals surface area contributed by atoms with Gasteiger partial charge in [-0.1, -0.05) is 60.7 Å². The molecule has 0 bridgehead atoms. The van der Waals surface area contributed by atoms with E-state index in [1.54, 1.807) is 48.5 Å². The molecule has 3 rings (SSSR count). The largest absolute Gasteiger partial charge is 0.508 e. The highest BCUT2D eigenvalue weighted by Gasteiger charge is 2.23. The Labute approximate surface area is 163 Å². The van der Waals surface area contributed by atoms with Crippen molar-refractivity contribution in [1.82, 2.24) is 5.32 Å². The second-order valence-corrected chi connectivity index (χ2v) is 6.36. The number of amides is 1. The lowest BCUT2D eigenvalue weighted by Gasteiger charge is -2.18. The number of hydrogen-bond donors (Lipinski definition) is 2. The van der Waals surface area contributed by atoms with Crippen molar-refractivity contribution in [2.24, 2.45) is 0 Å². The minimum atomic E-state index is -0.846. The Bertz CT molecular complexity index is 908. The highest BCUT2D eigenvalue weighted by atomic mass is 16.5. The maximum Gasteiger partial charge on any atom is 0.329 e. The van der Waals surface area contributed by atoms with E-state index in [0.29, 0.717) is 5.56 Å². The predicted molar refractivity (Wildman–Crippen MR) is 106 cm³/mol. The van der Waals surface area contributed by atoms with Crippen LogP contribution in [0.4, 0.5) is 0 Å². The third-order valence-electron chi connectivity index (χ3n) is 4.23. The van der Waals surface area contributed by atoms with Crippen LogP contribution < -0.4 is 5.32 Å². The van der Waals surface area contributed by atoms with Crippen molar-refractivity contribution in [1.29, 1.82) is 0 Å². The SMILES string of the molecule is O=C(NC(Cc1ccc(O)cc1)C(=O)OCc1ccccc1)c1ccccc1. The molecule has 0 aliphatic carbocycles. The zero-order valence-electron chi connectivity index (χ0n) is 15.2. The molecule has 0 spiro atoms. The van der Waals surface area contributed by atoms with Crippen molar-refractivity contribution < 1.29 is 19.4 Å². The van der Waals surface area contributed by atoms with Crippen LogP contribution in [0.3, 0.4) is 0 Å². The maximum absolute atomic E-state index is 12.7. The van der Waals surface area contributed by atoms with E-state index in [-0.39, 0.29) is 24.7 Å². The lowest BCUT2D eigenvalue weighted by Crippen LogP contribution is -2.43. The third-order valence-corrected chi connectivity index (χ3v) is 4.23. The van der Waals surface area contributed by atoms with Gasteiger partial charge in [0, 0.05) is 12.0 Å². The number of nitrogens with one attached hydrogen (secondary N) is 1. The molecule has 5 heteroatoms. The molecule has 3 aromatic rings. The third kappa shape index (κ3) is 5.45. The average Bonchev–Trinajstić information content (AvgIpc) is 2.74. The molecule has 0 radical (unpaired) electrons. The highest BCUT2D eigenvalue weighted by Crippen LogP contribution is 2.13. The molecule has 0 fully saturated rings. The van der Waals surface area contributed by atoms with Gasteiger partial charge in [0.1, 0.15) is 18.4 Å². The summed E-state index contributed by atoms with van der Waals surface area (Å²) >= 11 is 0. The van der Waals surface area contributed by atoms with Crippen LogP contribution >= 0.6 is 0 Å². The molecular weight excluding hydrogens is 354 g/mol. The lowest BCUT2D eigenvalue weighted by atomic mass is 10.0. The van der Waals surface area contributed by atoms with Gasteiger partial charge in [-0.3, -0.25) is 4.79 Å². The molecule has 2 N–H and O–H groups in total. The van der Waals surface area contributed by atoms with Crippen molar-refractivity contribution >= 4 is 11.9 Å². The van der Waals surface area contributed by atoms with Crippen LogP contribution in [-0.2, 0) is 22.6 Å². The van der Waals surface area contributed by atoms with Crippen LogP contribution in [0.5, 0.6) is 5.75 Å². The number of ether oxygens (including phenoxy) is 1. The Morgan fingerprint density at radius 1 is 0.821 bits per heavy atom. The summed E-state index contributed by atoms with van der Waals surface area (Å²) < 4.78 is 5.42. The van der Waals surface area contributed by atoms with E-state index in [9.17, 15) is 14.7 Å². The van der Waals surface area contributed by atoms with E-state index < -0.39 is 12.0 Å². The van der Waals surface area contributed by atoms with Crippen molar-refractivity contribution in [2.75, 3.05) is 0 Å². The van der Waals surface area contributed by atoms with Crippen molar-refractivity contribution in [3.63, 3.8) is 0 Å². The summed E-state index contributed by atoms with van der Waals surface area (Å²) in [5.74, 6) is -0.720. The molecular formula is C23H21NO4. The van der Waals surface area contributed by atoms with Gasteiger partial charge in [0.05, 0.1) is 0 Å². The fraction of sp³-hybridized carbons (Fsp3) is 0.130. The lowest BCUT2D eigenvalue weighted by molar-refractivity contribution is -0.147. The normalized spacial score (nSPS) is 11.4. The van der Waals surface area contributed by atoms with Crippen LogP contribution in [0.1, 0.15) is 21.5 Å². The summed E-state index contributed by atoms with van der Waals surface area (Å²) in [6, 6.07) is 23.7. The van der Waals surface area contributed by atoms with Crippen molar-refractivity contribution in [3.05, 3.63) is 102 Å². The maximum atomic E-state index is 12.7. The fourth-order valence-corrected chi connectivity index (χ4v) is 2.72. The monoisotopic (exact) mass is 375 g/mol. The number of esters is 1.